The zero-order valence-corrected chi connectivity index (χ0v) is 28.2. The lowest BCUT2D eigenvalue weighted by molar-refractivity contribution is 0.00691. The first-order chi connectivity index (χ1) is 21.5. The molecule has 1 atom stereocenters. The highest BCUT2D eigenvalue weighted by atomic mass is 16.6. The molecule has 2 aromatic heterocycles. The number of benzene rings is 2. The molecule has 2 aromatic carbocycles. The van der Waals surface area contributed by atoms with Gasteiger partial charge in [-0.3, -0.25) is 10.1 Å². The maximum Gasteiger partial charge on any atom is 0.407 e. The van der Waals surface area contributed by atoms with Crippen LogP contribution in [0.25, 0.3) is 22.4 Å². The molecule has 0 radical (unpaired) electrons. The number of unbranched alkanes of at least 4 members (excludes halogenated alkanes) is 1. The lowest BCUT2D eigenvalue weighted by Gasteiger charge is -2.20. The second kappa shape index (κ2) is 13.7. The predicted molar refractivity (Wildman–Crippen MR) is 177 cm³/mol. The van der Waals surface area contributed by atoms with Crippen molar-refractivity contribution in [2.75, 3.05) is 11.9 Å². The van der Waals surface area contributed by atoms with Gasteiger partial charge in [0.05, 0.1) is 16.6 Å². The van der Waals surface area contributed by atoms with Crippen LogP contribution < -0.4 is 10.6 Å². The predicted octanol–water partition coefficient (Wildman–Crippen LogP) is 6.60. The summed E-state index contributed by atoms with van der Waals surface area (Å²) in [5, 5.41) is 14.5. The fraction of sp³-hybridized carbons (Fsp3) is 0.471. The van der Waals surface area contributed by atoms with Crippen molar-refractivity contribution in [3.63, 3.8) is 0 Å². The van der Waals surface area contributed by atoms with Crippen LogP contribution in [0.15, 0.2) is 42.5 Å². The molecule has 12 nitrogen and oxygen atoms in total. The van der Waals surface area contributed by atoms with Crippen LogP contribution >= 0.6 is 0 Å². The van der Waals surface area contributed by atoms with E-state index in [1.165, 1.54) is 6.07 Å². The summed E-state index contributed by atoms with van der Waals surface area (Å²) in [7, 11) is 1.91. The number of anilines is 1. The van der Waals surface area contributed by atoms with Crippen molar-refractivity contribution in [1.82, 2.24) is 29.6 Å². The minimum absolute atomic E-state index is 0.0922. The molecule has 0 spiro atoms. The fourth-order valence-electron chi connectivity index (χ4n) is 4.98. The van der Waals surface area contributed by atoms with Gasteiger partial charge in [-0.1, -0.05) is 12.1 Å². The Balaban J connectivity index is 1.63. The Morgan fingerprint density at radius 3 is 2.24 bits per heavy atom. The highest BCUT2D eigenvalue weighted by molar-refractivity contribution is 6.06. The molecule has 12 heteroatoms. The number of hydrogen-bond donors (Lipinski definition) is 2. The van der Waals surface area contributed by atoms with Crippen molar-refractivity contribution in [3.05, 3.63) is 59.4 Å². The van der Waals surface area contributed by atoms with Gasteiger partial charge in [0, 0.05) is 30.8 Å². The summed E-state index contributed by atoms with van der Waals surface area (Å²) in [5.41, 5.74) is 1.69. The van der Waals surface area contributed by atoms with Crippen LogP contribution in [0.1, 0.15) is 100 Å². The van der Waals surface area contributed by atoms with Gasteiger partial charge in [-0.2, -0.15) is 0 Å². The van der Waals surface area contributed by atoms with Crippen molar-refractivity contribution in [3.8, 4) is 11.4 Å². The van der Waals surface area contributed by atoms with Crippen LogP contribution in [-0.4, -0.2) is 60.0 Å². The van der Waals surface area contributed by atoms with E-state index in [0.29, 0.717) is 29.4 Å². The SMILES string of the molecule is Cc1nnc(-c2cccc3nc(NC(=O)c4cccc(C(=O)OC(C)(C)C)c4)n([C@H](C)CCCCNC(=O)OC(C)(C)C)c23)n1C. The van der Waals surface area contributed by atoms with Crippen molar-refractivity contribution >= 4 is 35.0 Å². The molecule has 2 N–H and O–H groups in total. The highest BCUT2D eigenvalue weighted by Crippen LogP contribution is 2.34. The first kappa shape index (κ1) is 34.1. The molecular weight excluding hydrogens is 586 g/mol. The van der Waals surface area contributed by atoms with Gasteiger partial charge in [0.15, 0.2) is 5.82 Å². The second-order valence-corrected chi connectivity index (χ2v) is 13.4. The minimum Gasteiger partial charge on any atom is -0.456 e. The molecule has 0 aliphatic carbocycles. The van der Waals surface area contributed by atoms with Gasteiger partial charge >= 0.3 is 12.1 Å². The number of alkyl carbamates (subject to hydrolysis) is 1. The number of nitrogens with one attached hydrogen (secondary N) is 2. The van der Waals surface area contributed by atoms with Crippen LogP contribution in [0, 0.1) is 6.92 Å². The maximum absolute atomic E-state index is 13.6. The average molecular weight is 632 g/mol. The zero-order chi connectivity index (χ0) is 33.8. The molecule has 246 valence electrons. The largest absolute Gasteiger partial charge is 0.456 e. The molecule has 46 heavy (non-hydrogen) atoms. The zero-order valence-electron chi connectivity index (χ0n) is 28.2. The van der Waals surface area contributed by atoms with Gasteiger partial charge in [0.1, 0.15) is 17.0 Å². The van der Waals surface area contributed by atoms with Gasteiger partial charge in [-0.05, 0) is 105 Å². The van der Waals surface area contributed by atoms with Gasteiger partial charge in [-0.25, -0.2) is 14.6 Å². The standard InChI is InChI=1S/C34H45N7O5/c1-21(14-10-11-19-35-32(44)46-34(6,7)8)41-27-25(28-39-38-22(2)40(28)9)17-13-18-26(27)36-31(41)37-29(42)23-15-12-16-24(20-23)30(43)45-33(3,4)5/h12-13,15-18,20-21H,10-11,14,19H2,1-9H3,(H,35,44)(H,36,37,42)/t21-/m1/s1. The summed E-state index contributed by atoms with van der Waals surface area (Å²) in [6.45, 7) is 15.3. The van der Waals surface area contributed by atoms with Crippen molar-refractivity contribution in [2.24, 2.45) is 7.05 Å². The van der Waals surface area contributed by atoms with E-state index >= 15 is 0 Å². The number of hydrogen-bond acceptors (Lipinski definition) is 8. The summed E-state index contributed by atoms with van der Waals surface area (Å²) >= 11 is 0. The number of rotatable bonds is 10. The molecule has 2 amide bonds. The summed E-state index contributed by atoms with van der Waals surface area (Å²) in [4.78, 5) is 43.2. The van der Waals surface area contributed by atoms with E-state index in [0.717, 1.165) is 36.2 Å². The summed E-state index contributed by atoms with van der Waals surface area (Å²) in [5.74, 6) is 0.899. The van der Waals surface area contributed by atoms with Crippen LogP contribution in [0.5, 0.6) is 0 Å². The highest BCUT2D eigenvalue weighted by Gasteiger charge is 2.24. The summed E-state index contributed by atoms with van der Waals surface area (Å²) in [6, 6.07) is 12.1. The van der Waals surface area contributed by atoms with E-state index in [4.69, 9.17) is 14.5 Å². The lowest BCUT2D eigenvalue weighted by atomic mass is 10.1. The van der Waals surface area contributed by atoms with Gasteiger partial charge in [0.2, 0.25) is 5.95 Å². The Morgan fingerprint density at radius 1 is 0.913 bits per heavy atom. The Bertz CT molecular complexity index is 1730. The Hall–Kier alpha value is -4.74. The van der Waals surface area contributed by atoms with Gasteiger partial charge in [0.25, 0.3) is 5.91 Å². The van der Waals surface area contributed by atoms with Gasteiger partial charge < -0.3 is 23.9 Å². The number of aryl methyl sites for hydroxylation is 1. The minimum atomic E-state index is -0.666. The van der Waals surface area contributed by atoms with Crippen LogP contribution in [0.4, 0.5) is 10.7 Å². The molecule has 0 aliphatic rings. The van der Waals surface area contributed by atoms with Crippen molar-refractivity contribution in [2.45, 2.75) is 91.9 Å². The molecule has 0 aliphatic heterocycles. The lowest BCUT2D eigenvalue weighted by Crippen LogP contribution is -2.33. The molecule has 0 fully saturated rings. The Kier molecular flexibility index (Phi) is 10.2. The number of carbonyl (C=O) groups excluding carboxylic acids is 3. The van der Waals surface area contributed by atoms with E-state index < -0.39 is 29.2 Å². The van der Waals surface area contributed by atoms with E-state index in [2.05, 4.69) is 27.8 Å². The summed E-state index contributed by atoms with van der Waals surface area (Å²) < 4.78 is 14.8. The van der Waals surface area contributed by atoms with E-state index in [9.17, 15) is 14.4 Å². The number of ether oxygens (including phenoxy) is 2. The van der Waals surface area contributed by atoms with E-state index in [-0.39, 0.29) is 11.6 Å². The fourth-order valence-corrected chi connectivity index (χ4v) is 4.98. The normalized spacial score (nSPS) is 12.5. The third kappa shape index (κ3) is 8.49. The molecule has 2 heterocycles. The number of fused-ring (bicyclic) bond motifs is 1. The smallest absolute Gasteiger partial charge is 0.407 e. The number of nitrogens with zero attached hydrogens (tertiary/aromatic N) is 5. The number of imidazole rings is 1. The van der Waals surface area contributed by atoms with Crippen LogP contribution in [-0.2, 0) is 16.5 Å². The second-order valence-electron chi connectivity index (χ2n) is 13.4. The van der Waals surface area contributed by atoms with Gasteiger partial charge in [-0.15, -0.1) is 10.2 Å². The maximum atomic E-state index is 13.6. The molecule has 0 bridgehead atoms. The molecule has 4 aromatic rings. The first-order valence-electron chi connectivity index (χ1n) is 15.5. The number of aromatic nitrogens is 5. The van der Waals surface area contributed by atoms with Crippen molar-refractivity contribution in [1.29, 1.82) is 0 Å². The average Bonchev–Trinajstić information content (AvgIpc) is 3.49. The molecular formula is C34H45N7O5. The number of para-hydroxylation sites is 1. The number of amides is 2. The molecule has 0 saturated carbocycles. The monoisotopic (exact) mass is 631 g/mol. The number of carbonyl (C=O) groups is 3. The Labute approximate surface area is 269 Å². The topological polar surface area (TPSA) is 142 Å². The number of esters is 1. The molecule has 0 unspecified atom stereocenters. The van der Waals surface area contributed by atoms with Crippen LogP contribution in [0.3, 0.4) is 0 Å². The molecule has 4 rings (SSSR count). The molecule has 0 saturated heterocycles. The Morgan fingerprint density at radius 2 is 1.59 bits per heavy atom. The summed E-state index contributed by atoms with van der Waals surface area (Å²) in [6.07, 6.45) is 1.84. The third-order valence-electron chi connectivity index (χ3n) is 7.19. The van der Waals surface area contributed by atoms with Crippen molar-refractivity contribution < 1.29 is 23.9 Å². The van der Waals surface area contributed by atoms with Crippen LogP contribution in [0.2, 0.25) is 0 Å². The van der Waals surface area contributed by atoms with E-state index in [1.807, 2.05) is 62.1 Å². The quantitative estimate of drug-likeness (QED) is 0.147. The van der Waals surface area contributed by atoms with E-state index in [1.54, 1.807) is 39.0 Å². The first-order valence-corrected chi connectivity index (χ1v) is 15.5. The third-order valence-corrected chi connectivity index (χ3v) is 7.19.